The Morgan fingerprint density at radius 2 is 1.97 bits per heavy atom. The molecule has 1 fully saturated rings. The number of aromatic nitrogens is 3. The van der Waals surface area contributed by atoms with E-state index in [4.69, 9.17) is 35.6 Å². The maximum absolute atomic E-state index is 6.63. The van der Waals surface area contributed by atoms with Crippen LogP contribution in [-0.4, -0.2) is 54.1 Å². The quantitative estimate of drug-likeness (QED) is 0.361. The van der Waals surface area contributed by atoms with Crippen molar-refractivity contribution in [2.75, 3.05) is 32.6 Å². The van der Waals surface area contributed by atoms with E-state index in [-0.39, 0.29) is 11.6 Å². The van der Waals surface area contributed by atoms with Crippen LogP contribution in [0.25, 0.3) is 22.6 Å². The monoisotopic (exact) mass is 499 g/mol. The maximum atomic E-state index is 6.63. The first-order valence-corrected chi connectivity index (χ1v) is 12.3. The van der Waals surface area contributed by atoms with Gasteiger partial charge in [-0.25, -0.2) is 9.97 Å². The number of nitrogens with zero attached hydrogens (tertiary/aromatic N) is 3. The number of aryl methyl sites for hydroxylation is 2. The minimum absolute atomic E-state index is 0.103. The Morgan fingerprint density at radius 3 is 2.63 bits per heavy atom. The summed E-state index contributed by atoms with van der Waals surface area (Å²) in [5.74, 6) is 2.73. The molecule has 2 N–H and O–H groups in total. The Kier molecular flexibility index (Phi) is 7.64. The van der Waals surface area contributed by atoms with Crippen molar-refractivity contribution < 1.29 is 14.0 Å². The molecule has 1 aliphatic rings. The van der Waals surface area contributed by atoms with Crippen LogP contribution in [0, 0.1) is 20.8 Å². The molecule has 8 nitrogen and oxygen atoms in total. The number of nitrogens with one attached hydrogen (secondary N) is 2. The molecule has 0 atom stereocenters. The lowest BCUT2D eigenvalue weighted by molar-refractivity contribution is -0.0625. The minimum atomic E-state index is -0.103. The SMILES string of the molecule is CNCCCOc1ccc(Cl)c(-c2nc(NC3CC(C)(OC)C3)c(C)c(-c3c(C)noc3C)n2)c1. The van der Waals surface area contributed by atoms with Crippen molar-refractivity contribution in [3.63, 3.8) is 0 Å². The second kappa shape index (κ2) is 10.5. The van der Waals surface area contributed by atoms with Crippen molar-refractivity contribution in [3.05, 3.63) is 40.2 Å². The molecule has 1 aliphatic carbocycles. The predicted octanol–water partition coefficient (Wildman–Crippen LogP) is 5.34. The molecule has 0 amide bonds. The summed E-state index contributed by atoms with van der Waals surface area (Å²) >= 11 is 6.63. The number of benzene rings is 1. The van der Waals surface area contributed by atoms with Gasteiger partial charge < -0.3 is 24.6 Å². The molecule has 1 aromatic carbocycles. The highest BCUT2D eigenvalue weighted by molar-refractivity contribution is 6.33. The Bertz CT molecular complexity index is 1170. The highest BCUT2D eigenvalue weighted by atomic mass is 35.5. The van der Waals surface area contributed by atoms with Gasteiger partial charge in [0.05, 0.1) is 34.2 Å². The molecule has 2 heterocycles. The molecule has 1 saturated carbocycles. The maximum Gasteiger partial charge on any atom is 0.163 e. The zero-order chi connectivity index (χ0) is 25.2. The molecule has 0 spiro atoms. The lowest BCUT2D eigenvalue weighted by Gasteiger charge is -2.44. The van der Waals surface area contributed by atoms with Crippen LogP contribution < -0.4 is 15.4 Å². The van der Waals surface area contributed by atoms with Crippen molar-refractivity contribution >= 4 is 17.4 Å². The number of rotatable bonds is 10. The van der Waals surface area contributed by atoms with E-state index in [0.717, 1.165) is 59.9 Å². The van der Waals surface area contributed by atoms with E-state index in [1.54, 1.807) is 7.11 Å². The van der Waals surface area contributed by atoms with Crippen molar-refractivity contribution in [2.24, 2.45) is 0 Å². The zero-order valence-electron chi connectivity index (χ0n) is 21.3. The third-order valence-electron chi connectivity index (χ3n) is 6.62. The Balaban J connectivity index is 1.74. The third kappa shape index (κ3) is 5.44. The fourth-order valence-corrected chi connectivity index (χ4v) is 4.69. The van der Waals surface area contributed by atoms with Gasteiger partial charge in [-0.15, -0.1) is 0 Å². The number of hydrogen-bond donors (Lipinski definition) is 2. The van der Waals surface area contributed by atoms with Gasteiger partial charge >= 0.3 is 0 Å². The van der Waals surface area contributed by atoms with E-state index < -0.39 is 0 Å². The van der Waals surface area contributed by atoms with Crippen molar-refractivity contribution in [3.8, 4) is 28.4 Å². The molecule has 188 valence electrons. The molecule has 0 saturated heterocycles. The van der Waals surface area contributed by atoms with Gasteiger partial charge in [-0.3, -0.25) is 0 Å². The predicted molar refractivity (Wildman–Crippen MR) is 138 cm³/mol. The summed E-state index contributed by atoms with van der Waals surface area (Å²) < 4.78 is 17.0. The Morgan fingerprint density at radius 1 is 1.20 bits per heavy atom. The summed E-state index contributed by atoms with van der Waals surface area (Å²) in [5.41, 5.74) is 3.98. The minimum Gasteiger partial charge on any atom is -0.494 e. The zero-order valence-corrected chi connectivity index (χ0v) is 22.0. The smallest absolute Gasteiger partial charge is 0.163 e. The van der Waals surface area contributed by atoms with Crippen molar-refractivity contribution in [2.45, 2.75) is 58.6 Å². The standard InChI is InChI=1S/C26H34ClN5O3/c1-15-23(22-16(2)32-35-17(22)3)30-25(31-24(15)29-18-13-26(4,14-18)33-6)20-12-19(8-9-21(20)27)34-11-7-10-28-5/h8-9,12,18,28H,7,10-11,13-14H2,1-6H3,(H,29,30,31). The molecule has 2 aromatic heterocycles. The molecule has 0 aliphatic heterocycles. The number of halogens is 1. The van der Waals surface area contributed by atoms with Gasteiger partial charge in [-0.05, 0) is 78.7 Å². The van der Waals surface area contributed by atoms with Crippen molar-refractivity contribution in [1.82, 2.24) is 20.4 Å². The molecule has 35 heavy (non-hydrogen) atoms. The van der Waals surface area contributed by atoms with E-state index in [2.05, 4.69) is 22.7 Å². The second-order valence-corrected chi connectivity index (χ2v) is 9.83. The van der Waals surface area contributed by atoms with Crippen LogP contribution in [0.2, 0.25) is 5.02 Å². The van der Waals surface area contributed by atoms with E-state index in [1.165, 1.54) is 0 Å². The van der Waals surface area contributed by atoms with Crippen LogP contribution in [0.1, 0.15) is 43.2 Å². The van der Waals surface area contributed by atoms with Gasteiger partial charge in [0.15, 0.2) is 5.82 Å². The van der Waals surface area contributed by atoms with Gasteiger partial charge in [-0.2, -0.15) is 0 Å². The number of anilines is 1. The molecule has 0 bridgehead atoms. The van der Waals surface area contributed by atoms with Gasteiger partial charge in [0, 0.05) is 24.3 Å². The fraction of sp³-hybridized carbons (Fsp3) is 0.500. The first-order valence-electron chi connectivity index (χ1n) is 12.0. The molecule has 9 heteroatoms. The summed E-state index contributed by atoms with van der Waals surface area (Å²) in [6.45, 7) is 9.45. The van der Waals surface area contributed by atoms with Crippen molar-refractivity contribution in [1.29, 1.82) is 0 Å². The van der Waals surface area contributed by atoms with Crippen LogP contribution in [0.3, 0.4) is 0 Å². The molecule has 0 radical (unpaired) electrons. The largest absolute Gasteiger partial charge is 0.494 e. The average molecular weight is 500 g/mol. The summed E-state index contributed by atoms with van der Waals surface area (Å²) in [5, 5.41) is 11.4. The summed E-state index contributed by atoms with van der Waals surface area (Å²) in [7, 11) is 3.69. The summed E-state index contributed by atoms with van der Waals surface area (Å²) in [6, 6.07) is 5.86. The summed E-state index contributed by atoms with van der Waals surface area (Å²) in [4.78, 5) is 9.86. The molecule has 4 rings (SSSR count). The van der Waals surface area contributed by atoms with Crippen LogP contribution in [0.5, 0.6) is 5.75 Å². The average Bonchev–Trinajstić information content (AvgIpc) is 3.15. The lowest BCUT2D eigenvalue weighted by Crippen LogP contribution is -2.49. The van der Waals surface area contributed by atoms with E-state index in [0.29, 0.717) is 28.8 Å². The van der Waals surface area contributed by atoms with Crippen LogP contribution in [0.4, 0.5) is 5.82 Å². The topological polar surface area (TPSA) is 94.3 Å². The normalized spacial score (nSPS) is 19.5. The highest BCUT2D eigenvalue weighted by Gasteiger charge is 2.41. The van der Waals surface area contributed by atoms with Gasteiger partial charge in [0.25, 0.3) is 0 Å². The molecular weight excluding hydrogens is 466 g/mol. The molecule has 3 aromatic rings. The van der Waals surface area contributed by atoms with Crippen LogP contribution >= 0.6 is 11.6 Å². The molecular formula is C26H34ClN5O3. The number of methoxy groups -OCH3 is 1. The van der Waals surface area contributed by atoms with Gasteiger partial charge in [-0.1, -0.05) is 16.8 Å². The van der Waals surface area contributed by atoms with Gasteiger partial charge in [0.1, 0.15) is 17.3 Å². The highest BCUT2D eigenvalue weighted by Crippen LogP contribution is 2.40. The Labute approximate surface area is 211 Å². The summed E-state index contributed by atoms with van der Waals surface area (Å²) in [6.07, 6.45) is 2.71. The third-order valence-corrected chi connectivity index (χ3v) is 6.95. The van der Waals surface area contributed by atoms with Gasteiger partial charge in [0.2, 0.25) is 0 Å². The van der Waals surface area contributed by atoms with Crippen LogP contribution in [-0.2, 0) is 4.74 Å². The second-order valence-electron chi connectivity index (χ2n) is 9.42. The van der Waals surface area contributed by atoms with E-state index in [1.807, 2.05) is 46.0 Å². The molecule has 0 unspecified atom stereocenters. The number of hydrogen-bond acceptors (Lipinski definition) is 8. The van der Waals surface area contributed by atoms with Crippen LogP contribution in [0.15, 0.2) is 22.7 Å². The first kappa shape index (κ1) is 25.4. The fourth-order valence-electron chi connectivity index (χ4n) is 4.49. The Hall–Kier alpha value is -2.68. The van der Waals surface area contributed by atoms with E-state index >= 15 is 0 Å². The van der Waals surface area contributed by atoms with E-state index in [9.17, 15) is 0 Å². The number of ether oxygens (including phenoxy) is 2. The lowest BCUT2D eigenvalue weighted by atomic mass is 9.77. The first-order chi connectivity index (χ1) is 16.7.